The summed E-state index contributed by atoms with van der Waals surface area (Å²) >= 11 is 0. The van der Waals surface area contributed by atoms with Crippen molar-refractivity contribution < 1.29 is 9.59 Å². The number of fused-ring (bicyclic) bond motifs is 1. The van der Waals surface area contributed by atoms with Gasteiger partial charge in [-0.2, -0.15) is 0 Å². The standard InChI is InChI=1S/C20H23N3O3/c1-20(2,3)23-11-5-7-15(19(23)26)18(25)21-14-9-10-16-13(12-14)6-4-8-17(24)22-16/h5,7,9-12H,4,6,8H2,1-3H3,(H,21,25)(H,22,24). The smallest absolute Gasteiger partial charge is 0.263 e. The molecule has 2 amide bonds. The van der Waals surface area contributed by atoms with Gasteiger partial charge in [-0.15, -0.1) is 0 Å². The molecule has 6 heteroatoms. The zero-order chi connectivity index (χ0) is 18.9. The van der Waals surface area contributed by atoms with Crippen LogP contribution in [0.1, 0.15) is 49.5 Å². The Hall–Kier alpha value is -2.89. The van der Waals surface area contributed by atoms with Crippen LogP contribution in [-0.4, -0.2) is 16.4 Å². The third kappa shape index (κ3) is 3.69. The van der Waals surface area contributed by atoms with Gasteiger partial charge in [-0.25, -0.2) is 0 Å². The van der Waals surface area contributed by atoms with Crippen LogP contribution in [0.2, 0.25) is 0 Å². The Morgan fingerprint density at radius 3 is 2.65 bits per heavy atom. The molecule has 3 rings (SSSR count). The van der Waals surface area contributed by atoms with E-state index < -0.39 is 11.4 Å². The summed E-state index contributed by atoms with van der Waals surface area (Å²) in [5, 5.41) is 5.66. The van der Waals surface area contributed by atoms with E-state index in [0.29, 0.717) is 12.1 Å². The van der Waals surface area contributed by atoms with Gasteiger partial charge in [-0.1, -0.05) is 0 Å². The summed E-state index contributed by atoms with van der Waals surface area (Å²) in [7, 11) is 0. The fraction of sp³-hybridized carbons (Fsp3) is 0.350. The van der Waals surface area contributed by atoms with Crippen molar-refractivity contribution in [3.8, 4) is 0 Å². The predicted octanol–water partition coefficient (Wildman–Crippen LogP) is 3.13. The topological polar surface area (TPSA) is 80.2 Å². The van der Waals surface area contributed by atoms with Crippen LogP contribution < -0.4 is 16.2 Å². The number of carbonyl (C=O) groups excluding carboxylic acids is 2. The molecule has 0 saturated heterocycles. The van der Waals surface area contributed by atoms with Gasteiger partial charge >= 0.3 is 0 Å². The van der Waals surface area contributed by atoms with Crippen LogP contribution in [0.5, 0.6) is 0 Å². The molecule has 0 spiro atoms. The number of hydrogen-bond acceptors (Lipinski definition) is 3. The molecule has 2 heterocycles. The highest BCUT2D eigenvalue weighted by molar-refractivity contribution is 6.04. The average Bonchev–Trinajstić information content (AvgIpc) is 2.74. The Morgan fingerprint density at radius 2 is 1.92 bits per heavy atom. The molecule has 0 saturated carbocycles. The van der Waals surface area contributed by atoms with Crippen molar-refractivity contribution in [1.29, 1.82) is 0 Å². The summed E-state index contributed by atoms with van der Waals surface area (Å²) in [6.45, 7) is 5.74. The molecule has 0 fully saturated rings. The number of rotatable bonds is 2. The molecule has 1 aromatic carbocycles. The Bertz CT molecular complexity index is 923. The van der Waals surface area contributed by atoms with Gasteiger partial charge in [0.2, 0.25) is 5.91 Å². The van der Waals surface area contributed by atoms with Gasteiger partial charge in [0.25, 0.3) is 11.5 Å². The van der Waals surface area contributed by atoms with Crippen molar-refractivity contribution in [3.05, 3.63) is 58.0 Å². The SMILES string of the molecule is CC(C)(C)n1cccc(C(=O)Nc2ccc3c(c2)CCCC(=O)N3)c1=O. The summed E-state index contributed by atoms with van der Waals surface area (Å²) < 4.78 is 1.55. The van der Waals surface area contributed by atoms with E-state index in [1.807, 2.05) is 26.8 Å². The second-order valence-electron chi connectivity index (χ2n) is 7.50. The van der Waals surface area contributed by atoms with Crippen LogP contribution in [0.3, 0.4) is 0 Å². The lowest BCUT2D eigenvalue weighted by molar-refractivity contribution is -0.116. The number of amides is 2. The zero-order valence-corrected chi connectivity index (χ0v) is 15.3. The lowest BCUT2D eigenvalue weighted by atomic mass is 10.1. The number of nitrogens with one attached hydrogen (secondary N) is 2. The van der Waals surface area contributed by atoms with Gasteiger partial charge in [0.15, 0.2) is 0 Å². The third-order valence-electron chi connectivity index (χ3n) is 4.40. The number of benzene rings is 1. The predicted molar refractivity (Wildman–Crippen MR) is 102 cm³/mol. The molecule has 0 atom stereocenters. The first-order valence-corrected chi connectivity index (χ1v) is 8.72. The van der Waals surface area contributed by atoms with Crippen molar-refractivity contribution in [2.75, 3.05) is 10.6 Å². The number of pyridine rings is 1. The van der Waals surface area contributed by atoms with Gasteiger partial charge in [0.05, 0.1) is 0 Å². The summed E-state index contributed by atoms with van der Waals surface area (Å²) in [6.07, 6.45) is 3.71. The molecule has 2 N–H and O–H groups in total. The number of aryl methyl sites for hydroxylation is 1. The maximum Gasteiger partial charge on any atom is 0.263 e. The quantitative estimate of drug-likeness (QED) is 0.870. The second-order valence-corrected chi connectivity index (χ2v) is 7.50. The lowest BCUT2D eigenvalue weighted by Crippen LogP contribution is -2.37. The van der Waals surface area contributed by atoms with Gasteiger partial charge in [0.1, 0.15) is 5.56 Å². The molecular formula is C20H23N3O3. The number of hydrogen-bond donors (Lipinski definition) is 2. The van der Waals surface area contributed by atoms with Crippen molar-refractivity contribution in [3.63, 3.8) is 0 Å². The Balaban J connectivity index is 1.87. The van der Waals surface area contributed by atoms with Crippen LogP contribution in [0, 0.1) is 0 Å². The molecule has 1 aliphatic heterocycles. The monoisotopic (exact) mass is 353 g/mol. The fourth-order valence-corrected chi connectivity index (χ4v) is 3.05. The van der Waals surface area contributed by atoms with Crippen LogP contribution in [0.25, 0.3) is 0 Å². The van der Waals surface area contributed by atoms with Crippen molar-refractivity contribution >= 4 is 23.2 Å². The molecule has 26 heavy (non-hydrogen) atoms. The van der Waals surface area contributed by atoms with Crippen molar-refractivity contribution in [1.82, 2.24) is 4.57 Å². The summed E-state index contributed by atoms with van der Waals surface area (Å²) in [5.41, 5.74) is 1.74. The molecule has 2 aromatic rings. The van der Waals surface area contributed by atoms with E-state index in [1.54, 1.807) is 29.0 Å². The van der Waals surface area contributed by atoms with Gasteiger partial charge in [0, 0.05) is 29.5 Å². The van der Waals surface area contributed by atoms with Crippen LogP contribution in [0.4, 0.5) is 11.4 Å². The van der Waals surface area contributed by atoms with Gasteiger partial charge < -0.3 is 15.2 Å². The largest absolute Gasteiger partial charge is 0.326 e. The molecule has 0 unspecified atom stereocenters. The van der Waals surface area contributed by atoms with E-state index in [-0.39, 0.29) is 17.0 Å². The van der Waals surface area contributed by atoms with E-state index >= 15 is 0 Å². The van der Waals surface area contributed by atoms with E-state index in [4.69, 9.17) is 0 Å². The first-order valence-electron chi connectivity index (χ1n) is 8.72. The Labute approximate surface area is 152 Å². The zero-order valence-electron chi connectivity index (χ0n) is 15.3. The maximum atomic E-state index is 12.6. The van der Waals surface area contributed by atoms with E-state index in [9.17, 15) is 14.4 Å². The van der Waals surface area contributed by atoms with E-state index in [1.165, 1.54) is 6.07 Å². The molecule has 6 nitrogen and oxygen atoms in total. The van der Waals surface area contributed by atoms with Gasteiger partial charge in [-0.3, -0.25) is 14.4 Å². The van der Waals surface area contributed by atoms with E-state index in [0.717, 1.165) is 24.1 Å². The average molecular weight is 353 g/mol. The number of aromatic nitrogens is 1. The Kier molecular flexibility index (Phi) is 4.68. The van der Waals surface area contributed by atoms with Crippen LogP contribution >= 0.6 is 0 Å². The minimum absolute atomic E-state index is 0.00699. The molecule has 0 bridgehead atoms. The molecule has 0 radical (unpaired) electrons. The number of nitrogens with zero attached hydrogens (tertiary/aromatic N) is 1. The fourth-order valence-electron chi connectivity index (χ4n) is 3.05. The van der Waals surface area contributed by atoms with Crippen molar-refractivity contribution in [2.24, 2.45) is 0 Å². The highest BCUT2D eigenvalue weighted by Crippen LogP contribution is 2.25. The maximum absolute atomic E-state index is 12.6. The number of anilines is 2. The van der Waals surface area contributed by atoms with E-state index in [2.05, 4.69) is 10.6 Å². The first kappa shape index (κ1) is 17.9. The van der Waals surface area contributed by atoms with Gasteiger partial charge in [-0.05, 0) is 69.5 Å². The summed E-state index contributed by atoms with van der Waals surface area (Å²) in [6, 6.07) is 8.60. The summed E-state index contributed by atoms with van der Waals surface area (Å²) in [4.78, 5) is 36.9. The first-order chi connectivity index (χ1) is 12.3. The molecule has 1 aromatic heterocycles. The molecule has 136 valence electrons. The van der Waals surface area contributed by atoms with Crippen LogP contribution in [-0.2, 0) is 16.8 Å². The Morgan fingerprint density at radius 1 is 1.15 bits per heavy atom. The number of carbonyl (C=O) groups is 2. The minimum atomic E-state index is -0.439. The highest BCUT2D eigenvalue weighted by Gasteiger charge is 2.20. The third-order valence-corrected chi connectivity index (χ3v) is 4.40. The molecule has 1 aliphatic rings. The molecule has 0 aliphatic carbocycles. The second kappa shape index (κ2) is 6.78. The summed E-state index contributed by atoms with van der Waals surface area (Å²) in [5.74, 6) is -0.432. The lowest BCUT2D eigenvalue weighted by Gasteiger charge is -2.22. The highest BCUT2D eigenvalue weighted by atomic mass is 16.2. The van der Waals surface area contributed by atoms with Crippen LogP contribution in [0.15, 0.2) is 41.3 Å². The molecular weight excluding hydrogens is 330 g/mol. The van der Waals surface area contributed by atoms with Crippen molar-refractivity contribution in [2.45, 2.75) is 45.6 Å². The minimum Gasteiger partial charge on any atom is -0.326 e. The normalized spacial score (nSPS) is 14.2.